The Morgan fingerprint density at radius 2 is 1.95 bits per heavy atom. The van der Waals surface area contributed by atoms with E-state index in [2.05, 4.69) is 18.7 Å². The van der Waals surface area contributed by atoms with Crippen molar-refractivity contribution in [2.24, 2.45) is 11.8 Å². The van der Waals surface area contributed by atoms with Gasteiger partial charge in [-0.05, 0) is 44.4 Å². The molecule has 20 heavy (non-hydrogen) atoms. The number of likely N-dealkylation sites (tertiary alicyclic amines) is 1. The standard InChI is InChI=1S/C17H29NO2/c1-13(2)10-11-17(20)18-12-6-5-8-15(18)14-7-3-4-9-16(14)19/h13-15H,3-12H2,1-2H3. The fraction of sp³-hybridized carbons (Fsp3) is 0.882. The molecule has 0 aromatic heterocycles. The van der Waals surface area contributed by atoms with Gasteiger partial charge in [0.05, 0.1) is 0 Å². The molecule has 0 aromatic carbocycles. The summed E-state index contributed by atoms with van der Waals surface area (Å²) >= 11 is 0. The number of carbonyl (C=O) groups excluding carboxylic acids is 2. The zero-order valence-electron chi connectivity index (χ0n) is 13.1. The molecule has 3 nitrogen and oxygen atoms in total. The highest BCUT2D eigenvalue weighted by Gasteiger charge is 2.37. The third-order valence-corrected chi connectivity index (χ3v) is 4.87. The van der Waals surface area contributed by atoms with Gasteiger partial charge in [-0.15, -0.1) is 0 Å². The topological polar surface area (TPSA) is 37.4 Å². The molecule has 1 saturated carbocycles. The molecule has 1 saturated heterocycles. The fourth-order valence-electron chi connectivity index (χ4n) is 3.66. The van der Waals surface area contributed by atoms with Gasteiger partial charge in [0, 0.05) is 31.3 Å². The number of amides is 1. The SMILES string of the molecule is CC(C)CCC(=O)N1CCCCC1C1CCCCC1=O. The molecule has 2 atom stereocenters. The summed E-state index contributed by atoms with van der Waals surface area (Å²) < 4.78 is 0. The fourth-order valence-corrected chi connectivity index (χ4v) is 3.66. The van der Waals surface area contributed by atoms with Gasteiger partial charge in [-0.2, -0.15) is 0 Å². The predicted molar refractivity (Wildman–Crippen MR) is 80.4 cm³/mol. The normalized spacial score (nSPS) is 27.9. The Morgan fingerprint density at radius 1 is 1.20 bits per heavy atom. The van der Waals surface area contributed by atoms with Gasteiger partial charge in [0.2, 0.25) is 5.91 Å². The van der Waals surface area contributed by atoms with Gasteiger partial charge in [0.25, 0.3) is 0 Å². The zero-order valence-corrected chi connectivity index (χ0v) is 13.1. The Balaban J connectivity index is 2.00. The van der Waals surface area contributed by atoms with Crippen molar-refractivity contribution < 1.29 is 9.59 Å². The van der Waals surface area contributed by atoms with E-state index in [1.54, 1.807) is 0 Å². The van der Waals surface area contributed by atoms with E-state index in [-0.39, 0.29) is 17.9 Å². The first kappa shape index (κ1) is 15.5. The van der Waals surface area contributed by atoms with Crippen molar-refractivity contribution in [3.05, 3.63) is 0 Å². The second-order valence-electron chi connectivity index (χ2n) is 6.90. The van der Waals surface area contributed by atoms with E-state index in [4.69, 9.17) is 0 Å². The van der Waals surface area contributed by atoms with Crippen LogP contribution in [0.1, 0.15) is 71.6 Å². The minimum absolute atomic E-state index is 0.132. The number of Topliss-reactive ketones (excluding diaryl/α,β-unsaturated/α-hetero) is 1. The molecule has 1 aliphatic heterocycles. The molecule has 0 bridgehead atoms. The van der Waals surface area contributed by atoms with Crippen LogP contribution in [0.15, 0.2) is 0 Å². The third-order valence-electron chi connectivity index (χ3n) is 4.87. The summed E-state index contributed by atoms with van der Waals surface area (Å²) in [5.74, 6) is 1.39. The second kappa shape index (κ2) is 7.24. The minimum atomic E-state index is 0.132. The molecule has 2 fully saturated rings. The lowest BCUT2D eigenvalue weighted by Gasteiger charge is -2.41. The molecule has 1 heterocycles. The van der Waals surface area contributed by atoms with E-state index in [1.807, 2.05) is 0 Å². The number of nitrogens with zero attached hydrogens (tertiary/aromatic N) is 1. The van der Waals surface area contributed by atoms with Gasteiger partial charge < -0.3 is 4.90 Å². The van der Waals surface area contributed by atoms with Gasteiger partial charge in [0.15, 0.2) is 0 Å². The zero-order chi connectivity index (χ0) is 14.5. The first-order valence-electron chi connectivity index (χ1n) is 8.41. The molecule has 1 amide bonds. The van der Waals surface area contributed by atoms with Crippen molar-refractivity contribution in [1.29, 1.82) is 0 Å². The number of carbonyl (C=O) groups is 2. The molecule has 0 radical (unpaired) electrons. The molecule has 1 aliphatic carbocycles. The van der Waals surface area contributed by atoms with Crippen LogP contribution in [0.4, 0.5) is 0 Å². The van der Waals surface area contributed by atoms with E-state index in [0.717, 1.165) is 51.5 Å². The molecule has 2 aliphatic rings. The van der Waals surface area contributed by atoms with Crippen LogP contribution >= 0.6 is 0 Å². The monoisotopic (exact) mass is 279 g/mol. The predicted octanol–water partition coefficient (Wildman–Crippen LogP) is 3.56. The summed E-state index contributed by atoms with van der Waals surface area (Å²) in [7, 11) is 0. The molecule has 2 unspecified atom stereocenters. The lowest BCUT2D eigenvalue weighted by Crippen LogP contribution is -2.50. The maximum atomic E-state index is 12.5. The highest BCUT2D eigenvalue weighted by molar-refractivity contribution is 5.84. The first-order chi connectivity index (χ1) is 9.59. The lowest BCUT2D eigenvalue weighted by atomic mass is 9.79. The van der Waals surface area contributed by atoms with Crippen LogP contribution in [-0.2, 0) is 9.59 Å². The molecule has 3 heteroatoms. The highest BCUT2D eigenvalue weighted by atomic mass is 16.2. The van der Waals surface area contributed by atoms with Gasteiger partial charge in [0.1, 0.15) is 5.78 Å². The van der Waals surface area contributed by atoms with Crippen LogP contribution in [0.3, 0.4) is 0 Å². The number of ketones is 1. The molecule has 0 spiro atoms. The van der Waals surface area contributed by atoms with Gasteiger partial charge in [-0.25, -0.2) is 0 Å². The molecule has 0 N–H and O–H groups in total. The molecule has 0 aromatic rings. The molecular formula is C17H29NO2. The largest absolute Gasteiger partial charge is 0.339 e. The Morgan fingerprint density at radius 3 is 2.65 bits per heavy atom. The van der Waals surface area contributed by atoms with E-state index >= 15 is 0 Å². The van der Waals surface area contributed by atoms with Crippen LogP contribution < -0.4 is 0 Å². The van der Waals surface area contributed by atoms with Crippen molar-refractivity contribution in [2.45, 2.75) is 77.7 Å². The van der Waals surface area contributed by atoms with Gasteiger partial charge >= 0.3 is 0 Å². The number of piperidine rings is 1. The molecule has 114 valence electrons. The average Bonchev–Trinajstić information content (AvgIpc) is 2.45. The Kier molecular flexibility index (Phi) is 5.62. The maximum Gasteiger partial charge on any atom is 0.222 e. The second-order valence-corrected chi connectivity index (χ2v) is 6.90. The van der Waals surface area contributed by atoms with E-state index < -0.39 is 0 Å². The van der Waals surface area contributed by atoms with Crippen LogP contribution in [0, 0.1) is 11.8 Å². The first-order valence-corrected chi connectivity index (χ1v) is 8.41. The van der Waals surface area contributed by atoms with Crippen molar-refractivity contribution in [1.82, 2.24) is 4.90 Å². The highest BCUT2D eigenvalue weighted by Crippen LogP contribution is 2.32. The Labute approximate surface area is 123 Å². The van der Waals surface area contributed by atoms with Gasteiger partial charge in [-0.3, -0.25) is 9.59 Å². The van der Waals surface area contributed by atoms with Crippen LogP contribution in [-0.4, -0.2) is 29.2 Å². The molecule has 2 rings (SSSR count). The van der Waals surface area contributed by atoms with Crippen LogP contribution in [0.2, 0.25) is 0 Å². The number of hydrogen-bond donors (Lipinski definition) is 0. The quantitative estimate of drug-likeness (QED) is 0.789. The van der Waals surface area contributed by atoms with Crippen molar-refractivity contribution >= 4 is 11.7 Å². The summed E-state index contributed by atoms with van der Waals surface area (Å²) in [5.41, 5.74) is 0. The Bertz CT molecular complexity index is 351. The van der Waals surface area contributed by atoms with E-state index in [1.165, 1.54) is 6.42 Å². The van der Waals surface area contributed by atoms with Crippen molar-refractivity contribution in [3.8, 4) is 0 Å². The average molecular weight is 279 g/mol. The summed E-state index contributed by atoms with van der Waals surface area (Å²) in [4.78, 5) is 26.7. The van der Waals surface area contributed by atoms with E-state index in [9.17, 15) is 9.59 Å². The van der Waals surface area contributed by atoms with Crippen molar-refractivity contribution in [3.63, 3.8) is 0 Å². The van der Waals surface area contributed by atoms with Gasteiger partial charge in [-0.1, -0.05) is 20.3 Å². The summed E-state index contributed by atoms with van der Waals surface area (Å²) in [6, 6.07) is 0.205. The third kappa shape index (κ3) is 3.83. The van der Waals surface area contributed by atoms with Crippen LogP contribution in [0.5, 0.6) is 0 Å². The van der Waals surface area contributed by atoms with Crippen molar-refractivity contribution in [2.75, 3.05) is 6.54 Å². The smallest absolute Gasteiger partial charge is 0.222 e. The summed E-state index contributed by atoms with van der Waals surface area (Å²) in [6.07, 6.45) is 8.84. The summed E-state index contributed by atoms with van der Waals surface area (Å²) in [5, 5.41) is 0. The minimum Gasteiger partial charge on any atom is -0.339 e. The van der Waals surface area contributed by atoms with Crippen LogP contribution in [0.25, 0.3) is 0 Å². The number of rotatable bonds is 4. The maximum absolute atomic E-state index is 12.5. The molecular weight excluding hydrogens is 250 g/mol. The lowest BCUT2D eigenvalue weighted by molar-refractivity contribution is -0.139. The summed E-state index contributed by atoms with van der Waals surface area (Å²) in [6.45, 7) is 5.18. The number of hydrogen-bond acceptors (Lipinski definition) is 2. The Hall–Kier alpha value is -0.860. The van der Waals surface area contributed by atoms with E-state index in [0.29, 0.717) is 18.1 Å².